The molecule has 2 N–H and O–H groups in total. The topological polar surface area (TPSA) is 68.2 Å². The van der Waals surface area contributed by atoms with Gasteiger partial charge in [0.25, 0.3) is 0 Å². The van der Waals surface area contributed by atoms with E-state index in [0.717, 1.165) is 33.8 Å². The van der Waals surface area contributed by atoms with Gasteiger partial charge in [-0.3, -0.25) is 9.48 Å². The number of anilines is 2. The maximum Gasteiger partial charge on any atom is 0.224 e. The van der Waals surface area contributed by atoms with Crippen molar-refractivity contribution < 1.29 is 13.9 Å². The van der Waals surface area contributed by atoms with E-state index in [2.05, 4.69) is 15.7 Å². The van der Waals surface area contributed by atoms with Crippen molar-refractivity contribution in [1.82, 2.24) is 9.78 Å². The van der Waals surface area contributed by atoms with E-state index in [9.17, 15) is 9.18 Å². The van der Waals surface area contributed by atoms with Crippen molar-refractivity contribution in [3.05, 3.63) is 70.3 Å². The first kappa shape index (κ1) is 19.9. The van der Waals surface area contributed by atoms with Gasteiger partial charge in [0.1, 0.15) is 11.6 Å². The standard InChI is InChI=1S/C23H25FN4O2/c1-14-19(15(2)28(27-14)13-16-4-7-18(30-3)8-5-16)12-25-22-10-17-6-9-23(29)26-21(17)11-20(22)24/h4-5,7-8,10-11,25H,6,9,12-13H2,1-3H3,(H,26,29). The van der Waals surface area contributed by atoms with Crippen molar-refractivity contribution in [2.45, 2.75) is 39.8 Å². The fraction of sp³-hybridized carbons (Fsp3) is 0.304. The van der Waals surface area contributed by atoms with Crippen LogP contribution in [0.3, 0.4) is 0 Å². The molecule has 0 atom stereocenters. The maximum atomic E-state index is 14.5. The second-order valence-electron chi connectivity index (χ2n) is 7.55. The highest BCUT2D eigenvalue weighted by molar-refractivity contribution is 5.94. The summed E-state index contributed by atoms with van der Waals surface area (Å²) in [5, 5.41) is 10.6. The highest BCUT2D eigenvalue weighted by Crippen LogP contribution is 2.29. The fourth-order valence-corrected chi connectivity index (χ4v) is 3.77. The molecule has 1 aromatic heterocycles. The number of hydrogen-bond donors (Lipinski definition) is 2. The number of methoxy groups -OCH3 is 1. The maximum absolute atomic E-state index is 14.5. The third-order valence-corrected chi connectivity index (χ3v) is 5.57. The molecule has 1 amide bonds. The molecule has 2 heterocycles. The molecule has 0 saturated carbocycles. The van der Waals surface area contributed by atoms with Gasteiger partial charge in [0.15, 0.2) is 0 Å². The van der Waals surface area contributed by atoms with E-state index in [4.69, 9.17) is 4.74 Å². The molecule has 6 nitrogen and oxygen atoms in total. The van der Waals surface area contributed by atoms with E-state index < -0.39 is 0 Å². The van der Waals surface area contributed by atoms with Crippen LogP contribution in [-0.2, 0) is 24.3 Å². The summed E-state index contributed by atoms with van der Waals surface area (Å²) < 4.78 is 21.7. The Labute approximate surface area is 175 Å². The SMILES string of the molecule is COc1ccc(Cn2nc(C)c(CNc3cc4c(cc3F)NC(=O)CC4)c2C)cc1. The van der Waals surface area contributed by atoms with Gasteiger partial charge < -0.3 is 15.4 Å². The quantitative estimate of drug-likeness (QED) is 0.642. The van der Waals surface area contributed by atoms with Crippen LogP contribution in [0.1, 0.15) is 34.5 Å². The van der Waals surface area contributed by atoms with E-state index >= 15 is 0 Å². The van der Waals surface area contributed by atoms with E-state index in [0.29, 0.717) is 37.3 Å². The molecule has 1 aliphatic rings. The van der Waals surface area contributed by atoms with E-state index in [1.165, 1.54) is 6.07 Å². The number of carbonyl (C=O) groups is 1. The van der Waals surface area contributed by atoms with Crippen LogP contribution >= 0.6 is 0 Å². The Kier molecular flexibility index (Phi) is 5.44. The average Bonchev–Trinajstić information content (AvgIpc) is 2.99. The second-order valence-corrected chi connectivity index (χ2v) is 7.55. The lowest BCUT2D eigenvalue weighted by Gasteiger charge is -2.19. The van der Waals surface area contributed by atoms with Crippen LogP contribution in [0.15, 0.2) is 36.4 Å². The predicted molar refractivity (Wildman–Crippen MR) is 114 cm³/mol. The first-order chi connectivity index (χ1) is 14.4. The van der Waals surface area contributed by atoms with Crippen LogP contribution in [-0.4, -0.2) is 22.8 Å². The predicted octanol–water partition coefficient (Wildman–Crippen LogP) is 4.19. The van der Waals surface area contributed by atoms with E-state index in [1.807, 2.05) is 42.8 Å². The highest BCUT2D eigenvalue weighted by Gasteiger charge is 2.18. The molecular weight excluding hydrogens is 383 g/mol. The molecule has 0 fully saturated rings. The number of aryl methyl sites for hydroxylation is 2. The Morgan fingerprint density at radius 1 is 1.20 bits per heavy atom. The van der Waals surface area contributed by atoms with Crippen molar-refractivity contribution in [3.63, 3.8) is 0 Å². The Balaban J connectivity index is 1.49. The van der Waals surface area contributed by atoms with Crippen LogP contribution in [0.4, 0.5) is 15.8 Å². The molecular formula is C23H25FN4O2. The zero-order valence-electron chi connectivity index (χ0n) is 17.4. The van der Waals surface area contributed by atoms with Gasteiger partial charge in [-0.15, -0.1) is 0 Å². The Morgan fingerprint density at radius 3 is 2.70 bits per heavy atom. The molecule has 156 valence electrons. The van der Waals surface area contributed by atoms with Crippen molar-refractivity contribution >= 4 is 17.3 Å². The Morgan fingerprint density at radius 2 is 1.97 bits per heavy atom. The van der Waals surface area contributed by atoms with Crippen molar-refractivity contribution in [3.8, 4) is 5.75 Å². The molecule has 30 heavy (non-hydrogen) atoms. The first-order valence-corrected chi connectivity index (χ1v) is 9.96. The average molecular weight is 408 g/mol. The Bertz CT molecular complexity index is 1090. The molecule has 2 aromatic carbocycles. The zero-order chi connectivity index (χ0) is 21.3. The monoisotopic (exact) mass is 408 g/mol. The van der Waals surface area contributed by atoms with Gasteiger partial charge in [-0.05, 0) is 55.7 Å². The van der Waals surface area contributed by atoms with Gasteiger partial charge in [0.2, 0.25) is 5.91 Å². The largest absolute Gasteiger partial charge is 0.497 e. The smallest absolute Gasteiger partial charge is 0.224 e. The number of benzene rings is 2. The van der Waals surface area contributed by atoms with Crippen LogP contribution in [0.5, 0.6) is 5.75 Å². The third-order valence-electron chi connectivity index (χ3n) is 5.57. The molecule has 0 saturated heterocycles. The zero-order valence-corrected chi connectivity index (χ0v) is 17.4. The summed E-state index contributed by atoms with van der Waals surface area (Å²) in [7, 11) is 1.65. The molecule has 1 aliphatic heterocycles. The van der Waals surface area contributed by atoms with Crippen molar-refractivity contribution in [2.75, 3.05) is 17.7 Å². The van der Waals surface area contributed by atoms with Gasteiger partial charge in [-0.25, -0.2) is 4.39 Å². The Hall–Kier alpha value is -3.35. The number of ether oxygens (including phenoxy) is 1. The third kappa shape index (κ3) is 4.01. The molecule has 0 bridgehead atoms. The molecule has 0 spiro atoms. The minimum absolute atomic E-state index is 0.0712. The van der Waals surface area contributed by atoms with Crippen LogP contribution < -0.4 is 15.4 Å². The summed E-state index contributed by atoms with van der Waals surface area (Å²) in [6.07, 6.45) is 1.04. The summed E-state index contributed by atoms with van der Waals surface area (Å²) >= 11 is 0. The lowest BCUT2D eigenvalue weighted by atomic mass is 10.0. The van der Waals surface area contributed by atoms with E-state index in [-0.39, 0.29) is 11.7 Å². The number of fused-ring (bicyclic) bond motifs is 1. The number of nitrogens with one attached hydrogen (secondary N) is 2. The molecule has 3 aromatic rings. The lowest BCUT2D eigenvalue weighted by Crippen LogP contribution is -2.19. The first-order valence-electron chi connectivity index (χ1n) is 9.96. The second kappa shape index (κ2) is 8.18. The molecule has 0 aliphatic carbocycles. The minimum Gasteiger partial charge on any atom is -0.497 e. The van der Waals surface area contributed by atoms with Gasteiger partial charge >= 0.3 is 0 Å². The van der Waals surface area contributed by atoms with Gasteiger partial charge in [-0.2, -0.15) is 5.10 Å². The van der Waals surface area contributed by atoms with Gasteiger partial charge in [-0.1, -0.05) is 12.1 Å². The summed E-state index contributed by atoms with van der Waals surface area (Å²) in [6, 6.07) is 11.1. The summed E-state index contributed by atoms with van der Waals surface area (Å²) in [4.78, 5) is 11.5. The van der Waals surface area contributed by atoms with Gasteiger partial charge in [0, 0.05) is 29.9 Å². The number of hydrogen-bond acceptors (Lipinski definition) is 4. The lowest BCUT2D eigenvalue weighted by molar-refractivity contribution is -0.116. The number of aromatic nitrogens is 2. The summed E-state index contributed by atoms with van der Waals surface area (Å²) in [6.45, 7) is 5.12. The van der Waals surface area contributed by atoms with Crippen LogP contribution in [0.25, 0.3) is 0 Å². The molecule has 7 heteroatoms. The molecule has 0 radical (unpaired) electrons. The summed E-state index contributed by atoms with van der Waals surface area (Å²) in [5.41, 5.74) is 6.08. The van der Waals surface area contributed by atoms with Crippen LogP contribution in [0, 0.1) is 19.7 Å². The number of carbonyl (C=O) groups excluding carboxylic acids is 1. The van der Waals surface area contributed by atoms with Crippen molar-refractivity contribution in [1.29, 1.82) is 0 Å². The number of nitrogens with zero attached hydrogens (tertiary/aromatic N) is 2. The molecule has 4 rings (SSSR count). The minimum atomic E-state index is -0.378. The number of halogens is 1. The van der Waals surface area contributed by atoms with E-state index in [1.54, 1.807) is 13.2 Å². The van der Waals surface area contributed by atoms with Crippen LogP contribution in [0.2, 0.25) is 0 Å². The number of amides is 1. The highest BCUT2D eigenvalue weighted by atomic mass is 19.1. The summed E-state index contributed by atoms with van der Waals surface area (Å²) in [5.74, 6) is 0.374. The normalized spacial score (nSPS) is 13.0. The molecule has 0 unspecified atom stereocenters. The van der Waals surface area contributed by atoms with Gasteiger partial charge in [0.05, 0.1) is 25.0 Å². The fourth-order valence-electron chi connectivity index (χ4n) is 3.77. The van der Waals surface area contributed by atoms with Crippen molar-refractivity contribution in [2.24, 2.45) is 0 Å². The number of rotatable bonds is 6.